The van der Waals surface area contributed by atoms with Crippen LogP contribution in [0.2, 0.25) is 0 Å². The van der Waals surface area contributed by atoms with Crippen molar-refractivity contribution < 1.29 is 9.59 Å². The average molecular weight is 374 g/mol. The Morgan fingerprint density at radius 1 is 0.964 bits per heavy atom. The molecule has 0 atom stereocenters. The zero-order chi connectivity index (χ0) is 19.8. The van der Waals surface area contributed by atoms with E-state index in [-0.39, 0.29) is 5.69 Å². The maximum Gasteiger partial charge on any atom is 0.288 e. The van der Waals surface area contributed by atoms with E-state index in [2.05, 4.69) is 25.9 Å². The molecule has 2 amide bonds. The lowest BCUT2D eigenvalue weighted by atomic mass is 10.1. The molecule has 3 aromatic heterocycles. The van der Waals surface area contributed by atoms with E-state index in [9.17, 15) is 9.59 Å². The van der Waals surface area contributed by atoms with Gasteiger partial charge in [-0.1, -0.05) is 24.3 Å². The lowest BCUT2D eigenvalue weighted by Crippen LogP contribution is -2.42. The Morgan fingerprint density at radius 2 is 1.71 bits per heavy atom. The third kappa shape index (κ3) is 3.05. The topological polar surface area (TPSA) is 102 Å². The quantitative estimate of drug-likeness (QED) is 0.524. The minimum atomic E-state index is -0.496. The van der Waals surface area contributed by atoms with Crippen LogP contribution in [0.25, 0.3) is 21.9 Å². The van der Waals surface area contributed by atoms with E-state index >= 15 is 0 Å². The van der Waals surface area contributed by atoms with Gasteiger partial charge in [0.1, 0.15) is 5.69 Å². The Bertz CT molecular complexity index is 1240. The van der Waals surface area contributed by atoms with Crippen LogP contribution in [0.15, 0.2) is 42.5 Å². The van der Waals surface area contributed by atoms with E-state index in [0.717, 1.165) is 5.39 Å². The molecule has 4 aromatic rings. The Kier molecular flexibility index (Phi) is 4.23. The fourth-order valence-corrected chi connectivity index (χ4v) is 3.19. The monoisotopic (exact) mass is 374 g/mol. The third-order valence-electron chi connectivity index (χ3n) is 4.46. The maximum absolute atomic E-state index is 12.7. The SMILES string of the molecule is Cc1cc(C(=O)NNC(=O)c2ccc3ccccc3n2)c2c(C)nn(C)c2n1. The molecule has 2 N–H and O–H groups in total. The highest BCUT2D eigenvalue weighted by Crippen LogP contribution is 2.21. The Hall–Kier alpha value is -3.81. The van der Waals surface area contributed by atoms with Gasteiger partial charge in [-0.05, 0) is 32.0 Å². The summed E-state index contributed by atoms with van der Waals surface area (Å²) in [6.07, 6.45) is 0. The number of benzene rings is 1. The van der Waals surface area contributed by atoms with Gasteiger partial charge >= 0.3 is 0 Å². The molecule has 0 unspecified atom stereocenters. The summed E-state index contributed by atoms with van der Waals surface area (Å²) >= 11 is 0. The summed E-state index contributed by atoms with van der Waals surface area (Å²) in [5.74, 6) is -0.940. The molecule has 3 heterocycles. The zero-order valence-electron chi connectivity index (χ0n) is 15.6. The second-order valence-electron chi connectivity index (χ2n) is 6.52. The van der Waals surface area contributed by atoms with Crippen molar-refractivity contribution in [2.75, 3.05) is 0 Å². The van der Waals surface area contributed by atoms with Gasteiger partial charge in [-0.2, -0.15) is 5.10 Å². The first-order chi connectivity index (χ1) is 13.4. The van der Waals surface area contributed by atoms with Crippen molar-refractivity contribution >= 4 is 33.8 Å². The first kappa shape index (κ1) is 17.6. The minimum Gasteiger partial charge on any atom is -0.267 e. The van der Waals surface area contributed by atoms with Gasteiger partial charge in [0.2, 0.25) is 0 Å². The van der Waals surface area contributed by atoms with Gasteiger partial charge in [-0.3, -0.25) is 25.1 Å². The molecule has 0 aliphatic carbocycles. The van der Waals surface area contributed by atoms with Crippen LogP contribution in [0.5, 0.6) is 0 Å². The Labute approximate surface area is 160 Å². The number of amides is 2. The van der Waals surface area contributed by atoms with Crippen LogP contribution < -0.4 is 10.9 Å². The molecule has 0 bridgehead atoms. The van der Waals surface area contributed by atoms with Gasteiger partial charge in [0.05, 0.1) is 22.2 Å². The number of nitrogens with one attached hydrogen (secondary N) is 2. The van der Waals surface area contributed by atoms with Gasteiger partial charge in [0, 0.05) is 18.1 Å². The van der Waals surface area contributed by atoms with Crippen molar-refractivity contribution in [3.8, 4) is 0 Å². The highest BCUT2D eigenvalue weighted by atomic mass is 16.2. The number of para-hydroxylation sites is 1. The number of rotatable bonds is 2. The summed E-state index contributed by atoms with van der Waals surface area (Å²) in [6.45, 7) is 3.61. The molecular weight excluding hydrogens is 356 g/mol. The molecule has 0 aliphatic rings. The third-order valence-corrected chi connectivity index (χ3v) is 4.46. The van der Waals surface area contributed by atoms with Gasteiger partial charge in [0.25, 0.3) is 11.8 Å². The van der Waals surface area contributed by atoms with Crippen LogP contribution in [-0.2, 0) is 7.05 Å². The molecule has 0 spiro atoms. The highest BCUT2D eigenvalue weighted by molar-refractivity contribution is 6.07. The normalized spacial score (nSPS) is 11.0. The summed E-state index contributed by atoms with van der Waals surface area (Å²) in [5, 5.41) is 5.91. The molecule has 0 fully saturated rings. The Morgan fingerprint density at radius 3 is 2.54 bits per heavy atom. The van der Waals surface area contributed by atoms with E-state index in [1.807, 2.05) is 37.3 Å². The molecule has 28 heavy (non-hydrogen) atoms. The van der Waals surface area contributed by atoms with Crippen LogP contribution in [0, 0.1) is 13.8 Å². The summed E-state index contributed by atoms with van der Waals surface area (Å²) in [5.41, 5.74) is 8.20. The molecular formula is C20H18N6O2. The van der Waals surface area contributed by atoms with Crippen molar-refractivity contribution in [1.82, 2.24) is 30.6 Å². The maximum atomic E-state index is 12.7. The lowest BCUT2D eigenvalue weighted by molar-refractivity contribution is 0.0845. The fraction of sp³-hybridized carbons (Fsp3) is 0.150. The van der Waals surface area contributed by atoms with E-state index in [1.165, 1.54) is 0 Å². The molecule has 0 aliphatic heterocycles. The Balaban J connectivity index is 1.57. The first-order valence-corrected chi connectivity index (χ1v) is 8.71. The molecule has 1 aromatic carbocycles. The second-order valence-corrected chi connectivity index (χ2v) is 6.52. The number of pyridine rings is 2. The van der Waals surface area contributed by atoms with Crippen LogP contribution in [0.3, 0.4) is 0 Å². The van der Waals surface area contributed by atoms with Gasteiger partial charge in [-0.25, -0.2) is 9.97 Å². The molecule has 4 rings (SSSR count). The van der Waals surface area contributed by atoms with Gasteiger partial charge < -0.3 is 0 Å². The predicted molar refractivity (Wildman–Crippen MR) is 105 cm³/mol. The van der Waals surface area contributed by atoms with E-state index in [1.54, 1.807) is 30.8 Å². The van der Waals surface area contributed by atoms with Gasteiger partial charge in [0.15, 0.2) is 5.65 Å². The van der Waals surface area contributed by atoms with E-state index in [4.69, 9.17) is 0 Å². The lowest BCUT2D eigenvalue weighted by Gasteiger charge is -2.09. The number of carbonyl (C=O) groups is 2. The summed E-state index contributed by atoms with van der Waals surface area (Å²) in [4.78, 5) is 33.9. The largest absolute Gasteiger partial charge is 0.288 e. The first-order valence-electron chi connectivity index (χ1n) is 8.71. The number of hydrogen-bond donors (Lipinski definition) is 2. The van der Waals surface area contributed by atoms with Crippen LogP contribution in [0.1, 0.15) is 32.2 Å². The van der Waals surface area contributed by atoms with Crippen LogP contribution >= 0.6 is 0 Å². The number of aryl methyl sites for hydroxylation is 3. The van der Waals surface area contributed by atoms with Crippen molar-refractivity contribution in [3.05, 3.63) is 65.1 Å². The van der Waals surface area contributed by atoms with Crippen LogP contribution in [-0.4, -0.2) is 31.6 Å². The van der Waals surface area contributed by atoms with Gasteiger partial charge in [-0.15, -0.1) is 0 Å². The predicted octanol–water partition coefficient (Wildman–Crippen LogP) is 2.21. The van der Waals surface area contributed by atoms with Crippen molar-refractivity contribution in [1.29, 1.82) is 0 Å². The molecule has 140 valence electrons. The number of hydrazine groups is 1. The molecule has 0 saturated carbocycles. The summed E-state index contributed by atoms with van der Waals surface area (Å²) in [7, 11) is 1.77. The number of nitrogens with zero attached hydrogens (tertiary/aromatic N) is 4. The highest BCUT2D eigenvalue weighted by Gasteiger charge is 2.18. The van der Waals surface area contributed by atoms with Crippen molar-refractivity contribution in [2.24, 2.45) is 7.05 Å². The molecule has 0 saturated heterocycles. The number of carbonyl (C=O) groups excluding carboxylic acids is 2. The summed E-state index contributed by atoms with van der Waals surface area (Å²) < 4.78 is 1.63. The van der Waals surface area contributed by atoms with Crippen molar-refractivity contribution in [2.45, 2.75) is 13.8 Å². The smallest absolute Gasteiger partial charge is 0.267 e. The second kappa shape index (κ2) is 6.73. The van der Waals surface area contributed by atoms with Crippen molar-refractivity contribution in [3.63, 3.8) is 0 Å². The van der Waals surface area contributed by atoms with E-state index in [0.29, 0.717) is 33.5 Å². The van der Waals surface area contributed by atoms with Crippen LogP contribution in [0.4, 0.5) is 0 Å². The summed E-state index contributed by atoms with van der Waals surface area (Å²) in [6, 6.07) is 12.6. The number of aromatic nitrogens is 4. The minimum absolute atomic E-state index is 0.215. The average Bonchev–Trinajstić information content (AvgIpc) is 2.98. The molecule has 8 nitrogen and oxygen atoms in total. The standard InChI is InChI=1S/C20H18N6O2/c1-11-10-14(17-12(2)25-26(3)18(17)21-11)19(27)23-24-20(28)16-9-8-13-6-4-5-7-15(13)22-16/h4-10H,1-3H3,(H,23,27)(H,24,28). The number of fused-ring (bicyclic) bond motifs is 2. The number of hydrogen-bond acceptors (Lipinski definition) is 5. The zero-order valence-corrected chi connectivity index (χ0v) is 15.6. The fourth-order valence-electron chi connectivity index (χ4n) is 3.19. The molecule has 8 heteroatoms. The van der Waals surface area contributed by atoms with E-state index < -0.39 is 11.8 Å². The molecule has 0 radical (unpaired) electrons.